The predicted molar refractivity (Wildman–Crippen MR) is 70.1 cm³/mol. The van der Waals surface area contributed by atoms with Crippen molar-refractivity contribution in [3.63, 3.8) is 0 Å². The lowest BCUT2D eigenvalue weighted by molar-refractivity contribution is -0.921. The van der Waals surface area contributed by atoms with Crippen molar-refractivity contribution in [3.8, 4) is 0 Å². The number of quaternary nitrogens is 1. The summed E-state index contributed by atoms with van der Waals surface area (Å²) in [6.45, 7) is 5.22. The van der Waals surface area contributed by atoms with Gasteiger partial charge in [0.05, 0.1) is 26.8 Å². The van der Waals surface area contributed by atoms with E-state index in [9.17, 15) is 14.4 Å². The second-order valence-corrected chi connectivity index (χ2v) is 4.91. The summed E-state index contributed by atoms with van der Waals surface area (Å²) in [4.78, 5) is 35.6. The maximum absolute atomic E-state index is 11.9. The third-order valence-corrected chi connectivity index (χ3v) is 3.60. The van der Waals surface area contributed by atoms with Crippen LogP contribution in [0, 0.1) is 5.92 Å². The van der Waals surface area contributed by atoms with Crippen LogP contribution in [0.15, 0.2) is 0 Å². The van der Waals surface area contributed by atoms with Crippen LogP contribution in [0.3, 0.4) is 0 Å². The molecule has 2 amide bonds. The Bertz CT molecular complexity index is 372. The molecule has 114 valence electrons. The summed E-state index contributed by atoms with van der Waals surface area (Å²) in [6, 6.07) is -0.411. The van der Waals surface area contributed by atoms with Crippen molar-refractivity contribution in [1.82, 2.24) is 5.32 Å². The van der Waals surface area contributed by atoms with Gasteiger partial charge in [0.15, 0.2) is 6.04 Å². The highest BCUT2D eigenvalue weighted by Gasteiger charge is 2.35. The molecule has 0 bridgehead atoms. The molecule has 0 radical (unpaired) electrons. The normalized spacial score (nSPS) is 23.6. The number of imide groups is 1. The van der Waals surface area contributed by atoms with Crippen LogP contribution in [-0.2, 0) is 19.1 Å². The van der Waals surface area contributed by atoms with Crippen LogP contribution in [0.25, 0.3) is 0 Å². The van der Waals surface area contributed by atoms with E-state index >= 15 is 0 Å². The van der Waals surface area contributed by atoms with Gasteiger partial charge in [0, 0.05) is 0 Å². The van der Waals surface area contributed by atoms with Gasteiger partial charge in [-0.2, -0.15) is 0 Å². The van der Waals surface area contributed by atoms with Crippen LogP contribution in [0.5, 0.6) is 0 Å². The van der Waals surface area contributed by atoms with Crippen molar-refractivity contribution < 1.29 is 28.8 Å². The topological polar surface area (TPSA) is 86.1 Å². The lowest BCUT2D eigenvalue weighted by Gasteiger charge is -2.31. The first-order chi connectivity index (χ1) is 9.49. The lowest BCUT2D eigenvalue weighted by atomic mass is 9.97. The molecule has 1 fully saturated rings. The Labute approximate surface area is 118 Å². The molecule has 1 aliphatic rings. The van der Waals surface area contributed by atoms with Crippen molar-refractivity contribution in [1.29, 1.82) is 0 Å². The monoisotopic (exact) mass is 287 g/mol. The summed E-state index contributed by atoms with van der Waals surface area (Å²) < 4.78 is 9.42. The first kappa shape index (κ1) is 16.4. The zero-order valence-electron chi connectivity index (χ0n) is 12.2. The van der Waals surface area contributed by atoms with E-state index in [0.29, 0.717) is 13.2 Å². The SMILES string of the molecule is CCOC(=O)[C@@H]1CCC[NH+]([C@@H](C)C(=O)NC(=O)OC)C1. The Kier molecular flexibility index (Phi) is 6.44. The molecule has 1 unspecified atom stereocenters. The average molecular weight is 287 g/mol. The van der Waals surface area contributed by atoms with Gasteiger partial charge < -0.3 is 14.4 Å². The Hall–Kier alpha value is -1.63. The lowest BCUT2D eigenvalue weighted by Crippen LogP contribution is -3.18. The van der Waals surface area contributed by atoms with Crippen LogP contribution in [0.1, 0.15) is 26.7 Å². The number of nitrogens with one attached hydrogen (secondary N) is 2. The summed E-state index contributed by atoms with van der Waals surface area (Å²) in [5.74, 6) is -0.770. The van der Waals surface area contributed by atoms with Crippen molar-refractivity contribution in [3.05, 3.63) is 0 Å². The second-order valence-electron chi connectivity index (χ2n) is 4.91. The number of hydrogen-bond donors (Lipinski definition) is 2. The Morgan fingerprint density at radius 2 is 2.10 bits per heavy atom. The molecule has 0 aliphatic carbocycles. The molecule has 1 rings (SSSR count). The highest BCUT2D eigenvalue weighted by molar-refractivity contribution is 5.93. The van der Waals surface area contributed by atoms with Crippen molar-refractivity contribution in [2.75, 3.05) is 26.8 Å². The van der Waals surface area contributed by atoms with Gasteiger partial charge in [-0.05, 0) is 26.7 Å². The molecule has 1 saturated heterocycles. The number of piperidine rings is 1. The minimum absolute atomic E-state index is 0.174. The predicted octanol–water partition coefficient (Wildman–Crippen LogP) is -0.884. The summed E-state index contributed by atoms with van der Waals surface area (Å²) in [6.07, 6.45) is 0.878. The van der Waals surface area contributed by atoms with Gasteiger partial charge in [-0.15, -0.1) is 0 Å². The van der Waals surface area contributed by atoms with Gasteiger partial charge in [-0.1, -0.05) is 0 Å². The van der Waals surface area contributed by atoms with E-state index < -0.39 is 18.0 Å². The molecule has 0 aromatic heterocycles. The standard InChI is InChI=1S/C13H22N2O5/c1-4-20-12(17)10-6-5-7-15(8-10)9(2)11(16)14-13(18)19-3/h9-10H,4-8H2,1-3H3,(H,14,16,18)/p+1/t9-,10+/m0/s1. The van der Waals surface area contributed by atoms with Gasteiger partial charge in [0.2, 0.25) is 0 Å². The number of ether oxygens (including phenoxy) is 2. The number of methoxy groups -OCH3 is 1. The van der Waals surface area contributed by atoms with Gasteiger partial charge in [0.25, 0.3) is 5.91 Å². The Morgan fingerprint density at radius 3 is 2.70 bits per heavy atom. The number of alkyl carbamates (subject to hydrolysis) is 1. The highest BCUT2D eigenvalue weighted by atomic mass is 16.5. The van der Waals surface area contributed by atoms with E-state index in [1.54, 1.807) is 13.8 Å². The molecule has 3 atom stereocenters. The number of likely N-dealkylation sites (tertiary alicyclic amines) is 1. The largest absolute Gasteiger partial charge is 0.466 e. The first-order valence-electron chi connectivity index (χ1n) is 6.89. The summed E-state index contributed by atoms with van der Waals surface area (Å²) in [5.41, 5.74) is 0. The number of hydrogen-bond acceptors (Lipinski definition) is 5. The number of amides is 2. The molecule has 7 heteroatoms. The number of carbonyl (C=O) groups excluding carboxylic acids is 3. The quantitative estimate of drug-likeness (QED) is 0.656. The molecule has 0 aromatic carbocycles. The number of rotatable bonds is 4. The Morgan fingerprint density at radius 1 is 1.40 bits per heavy atom. The molecule has 1 heterocycles. The zero-order chi connectivity index (χ0) is 15.1. The molecule has 2 N–H and O–H groups in total. The van der Waals surface area contributed by atoms with Crippen LogP contribution >= 0.6 is 0 Å². The number of esters is 1. The van der Waals surface area contributed by atoms with E-state index in [0.717, 1.165) is 24.3 Å². The van der Waals surface area contributed by atoms with E-state index in [4.69, 9.17) is 4.74 Å². The van der Waals surface area contributed by atoms with E-state index in [1.807, 2.05) is 0 Å². The van der Waals surface area contributed by atoms with E-state index in [-0.39, 0.29) is 11.9 Å². The molecular weight excluding hydrogens is 264 g/mol. The van der Waals surface area contributed by atoms with Gasteiger partial charge in [0.1, 0.15) is 5.92 Å². The third kappa shape index (κ3) is 4.48. The molecule has 7 nitrogen and oxygen atoms in total. The average Bonchev–Trinajstić information content (AvgIpc) is 2.46. The zero-order valence-corrected chi connectivity index (χ0v) is 12.2. The Balaban J connectivity index is 2.55. The van der Waals surface area contributed by atoms with Gasteiger partial charge in [-0.3, -0.25) is 14.9 Å². The van der Waals surface area contributed by atoms with Crippen LogP contribution < -0.4 is 10.2 Å². The van der Waals surface area contributed by atoms with Crippen LogP contribution in [0.2, 0.25) is 0 Å². The summed E-state index contributed by atoms with van der Waals surface area (Å²) in [7, 11) is 1.21. The minimum atomic E-state index is -0.764. The van der Waals surface area contributed by atoms with Gasteiger partial charge >= 0.3 is 12.1 Å². The highest BCUT2D eigenvalue weighted by Crippen LogP contribution is 2.09. The first-order valence-corrected chi connectivity index (χ1v) is 6.89. The van der Waals surface area contributed by atoms with Crippen LogP contribution in [-0.4, -0.2) is 50.8 Å². The van der Waals surface area contributed by atoms with E-state index in [1.165, 1.54) is 7.11 Å². The van der Waals surface area contributed by atoms with Crippen LogP contribution in [0.4, 0.5) is 4.79 Å². The van der Waals surface area contributed by atoms with Crippen molar-refractivity contribution >= 4 is 18.0 Å². The minimum Gasteiger partial charge on any atom is -0.466 e. The van der Waals surface area contributed by atoms with E-state index in [2.05, 4.69) is 10.1 Å². The molecule has 0 aromatic rings. The molecule has 20 heavy (non-hydrogen) atoms. The molecule has 0 spiro atoms. The fourth-order valence-electron chi connectivity index (χ4n) is 2.40. The summed E-state index contributed by atoms with van der Waals surface area (Å²) >= 11 is 0. The fourth-order valence-corrected chi connectivity index (χ4v) is 2.40. The summed E-state index contributed by atoms with van der Waals surface area (Å²) in [5, 5.41) is 2.16. The third-order valence-electron chi connectivity index (χ3n) is 3.60. The second kappa shape index (κ2) is 7.84. The maximum atomic E-state index is 11.9. The van der Waals surface area contributed by atoms with Crippen molar-refractivity contribution in [2.45, 2.75) is 32.7 Å². The molecule has 0 saturated carbocycles. The smallest absolute Gasteiger partial charge is 0.413 e. The molecular formula is C13H23N2O5+. The fraction of sp³-hybridized carbons (Fsp3) is 0.769. The maximum Gasteiger partial charge on any atom is 0.413 e. The number of carbonyl (C=O) groups is 3. The van der Waals surface area contributed by atoms with Gasteiger partial charge in [-0.25, -0.2) is 4.79 Å². The molecule has 1 aliphatic heterocycles. The van der Waals surface area contributed by atoms with Crippen molar-refractivity contribution in [2.24, 2.45) is 5.92 Å².